The number of aromatic amines is 1. The summed E-state index contributed by atoms with van der Waals surface area (Å²) < 4.78 is 20.7. The molecule has 0 bridgehead atoms. The quantitative estimate of drug-likeness (QED) is 0.320. The Morgan fingerprint density at radius 3 is 2.55 bits per heavy atom. The average molecular weight is 521 g/mol. The zero-order chi connectivity index (χ0) is 26.9. The van der Waals surface area contributed by atoms with Crippen LogP contribution in [-0.4, -0.2) is 70.6 Å². The molecule has 200 valence electrons. The zero-order valence-corrected chi connectivity index (χ0v) is 21.4. The molecule has 0 aliphatic carbocycles. The number of aliphatic hydroxyl groups is 1. The van der Waals surface area contributed by atoms with Gasteiger partial charge >= 0.3 is 0 Å². The first-order valence-electron chi connectivity index (χ1n) is 12.7. The Kier molecular flexibility index (Phi) is 9.62. The summed E-state index contributed by atoms with van der Waals surface area (Å²) >= 11 is 0. The van der Waals surface area contributed by atoms with Crippen LogP contribution < -0.4 is 10.9 Å². The van der Waals surface area contributed by atoms with Crippen LogP contribution in [0.5, 0.6) is 5.75 Å². The lowest BCUT2D eigenvalue weighted by molar-refractivity contribution is 0.0342. The Hall–Kier alpha value is -3.55. The van der Waals surface area contributed by atoms with E-state index in [4.69, 9.17) is 4.74 Å². The number of nitrogens with one attached hydrogen (secondary N) is 2. The summed E-state index contributed by atoms with van der Waals surface area (Å²) in [7, 11) is 0. The van der Waals surface area contributed by atoms with Crippen molar-refractivity contribution in [3.8, 4) is 17.6 Å². The highest BCUT2D eigenvalue weighted by atomic mass is 19.1. The maximum atomic E-state index is 15.3. The fourth-order valence-electron chi connectivity index (χ4n) is 4.36. The van der Waals surface area contributed by atoms with E-state index in [1.165, 1.54) is 18.0 Å². The van der Waals surface area contributed by atoms with Gasteiger partial charge in [0.2, 0.25) is 5.75 Å². The number of aromatic hydroxyl groups is 1. The molecule has 1 saturated heterocycles. The third kappa shape index (κ3) is 7.73. The van der Waals surface area contributed by atoms with Crippen LogP contribution in [0.3, 0.4) is 0 Å². The molecule has 1 fully saturated rings. The van der Waals surface area contributed by atoms with Gasteiger partial charge in [0.1, 0.15) is 5.82 Å². The summed E-state index contributed by atoms with van der Waals surface area (Å²) in [6.45, 7) is 6.56. The second-order valence-corrected chi connectivity index (χ2v) is 9.51. The van der Waals surface area contributed by atoms with Crippen molar-refractivity contribution in [1.29, 1.82) is 0 Å². The molecule has 4 N–H and O–H groups in total. The van der Waals surface area contributed by atoms with E-state index >= 15 is 4.39 Å². The van der Waals surface area contributed by atoms with Crippen LogP contribution in [-0.2, 0) is 17.7 Å². The molecule has 2 heterocycles. The second kappa shape index (κ2) is 13.3. The first kappa shape index (κ1) is 27.5. The lowest BCUT2D eigenvalue weighted by atomic mass is 9.92. The van der Waals surface area contributed by atoms with E-state index in [1.807, 2.05) is 12.1 Å². The van der Waals surface area contributed by atoms with Gasteiger partial charge in [-0.05, 0) is 42.3 Å². The van der Waals surface area contributed by atoms with Crippen LogP contribution in [0.2, 0.25) is 0 Å². The molecule has 1 aromatic heterocycles. The van der Waals surface area contributed by atoms with Gasteiger partial charge in [-0.2, -0.15) is 0 Å². The summed E-state index contributed by atoms with van der Waals surface area (Å²) in [5.74, 6) is 4.77. The molecular formula is C29H33FN4O4. The van der Waals surface area contributed by atoms with Gasteiger partial charge < -0.3 is 25.3 Å². The lowest BCUT2D eigenvalue weighted by Crippen LogP contribution is -2.35. The molecule has 2 aromatic carbocycles. The van der Waals surface area contributed by atoms with Crippen molar-refractivity contribution in [2.75, 3.05) is 39.4 Å². The maximum Gasteiger partial charge on any atom is 0.293 e. The van der Waals surface area contributed by atoms with Crippen molar-refractivity contribution in [1.82, 2.24) is 20.2 Å². The van der Waals surface area contributed by atoms with Crippen molar-refractivity contribution in [3.05, 3.63) is 92.9 Å². The number of nitrogens with zero attached hydrogens (tertiary/aromatic N) is 2. The van der Waals surface area contributed by atoms with Crippen LogP contribution in [0.25, 0.3) is 0 Å². The molecule has 8 nitrogen and oxygen atoms in total. The number of hydrogen-bond donors (Lipinski definition) is 4. The first-order valence-corrected chi connectivity index (χ1v) is 12.7. The number of ether oxygens (including phenoxy) is 1. The molecule has 9 heteroatoms. The molecule has 1 aliphatic heterocycles. The molecular weight excluding hydrogens is 487 g/mol. The summed E-state index contributed by atoms with van der Waals surface area (Å²) in [5.41, 5.74) is 2.53. The summed E-state index contributed by atoms with van der Waals surface area (Å²) in [6, 6.07) is 12.9. The molecule has 0 amide bonds. The number of hydrogen-bond acceptors (Lipinski definition) is 7. The number of H-pyrrole nitrogens is 1. The molecule has 2 atom stereocenters. The lowest BCUT2D eigenvalue weighted by Gasteiger charge is -2.26. The van der Waals surface area contributed by atoms with Crippen LogP contribution >= 0.6 is 0 Å². The molecule has 3 aromatic rings. The van der Waals surface area contributed by atoms with E-state index < -0.39 is 29.1 Å². The Morgan fingerprint density at radius 2 is 1.84 bits per heavy atom. The number of benzene rings is 2. The fourth-order valence-corrected chi connectivity index (χ4v) is 4.36. The minimum atomic E-state index is -0.647. The van der Waals surface area contributed by atoms with Gasteiger partial charge in [-0.15, -0.1) is 0 Å². The van der Waals surface area contributed by atoms with Gasteiger partial charge in [0.25, 0.3) is 5.56 Å². The smallest absolute Gasteiger partial charge is 0.293 e. The van der Waals surface area contributed by atoms with Crippen molar-refractivity contribution < 1.29 is 19.3 Å². The second-order valence-electron chi connectivity index (χ2n) is 9.51. The molecule has 4 rings (SSSR count). The number of morpholine rings is 1. The Labute approximate surface area is 221 Å². The zero-order valence-electron chi connectivity index (χ0n) is 21.4. The van der Waals surface area contributed by atoms with Gasteiger partial charge in [-0.1, -0.05) is 30.0 Å². The normalized spacial score (nSPS) is 15.4. The van der Waals surface area contributed by atoms with Crippen LogP contribution in [0.15, 0.2) is 53.6 Å². The number of aromatic nitrogens is 2. The van der Waals surface area contributed by atoms with Crippen molar-refractivity contribution in [2.45, 2.75) is 31.9 Å². The van der Waals surface area contributed by atoms with Crippen LogP contribution in [0.4, 0.5) is 4.39 Å². The van der Waals surface area contributed by atoms with E-state index in [0.29, 0.717) is 24.2 Å². The van der Waals surface area contributed by atoms with Gasteiger partial charge in [-0.25, -0.2) is 9.37 Å². The minimum absolute atomic E-state index is 0.140. The maximum absolute atomic E-state index is 15.3. The van der Waals surface area contributed by atoms with Gasteiger partial charge in [-0.3, -0.25) is 9.69 Å². The third-order valence-corrected chi connectivity index (χ3v) is 6.43. The minimum Gasteiger partial charge on any atom is -0.502 e. The molecule has 0 radical (unpaired) electrons. The van der Waals surface area contributed by atoms with E-state index in [9.17, 15) is 15.0 Å². The fraction of sp³-hybridized carbons (Fsp3) is 0.379. The van der Waals surface area contributed by atoms with Crippen LogP contribution in [0.1, 0.15) is 40.8 Å². The monoisotopic (exact) mass is 520 g/mol. The first-order chi connectivity index (χ1) is 18.4. The standard InChI is InChI=1S/C29H33FN4O4/c1-20(35)16-31-17-24(15-27-28(36)29(37)33-19-32-27)25-9-8-22(14-26(25)30)5-2-21-3-6-23(7-4-21)18-34-10-12-38-13-11-34/h3-4,6-9,14,19-20,24,31,35-36H,10-13,15-18H2,1H3,(H,32,33,37)/t20-,24?/m1/s1. The van der Waals surface area contributed by atoms with E-state index in [0.717, 1.165) is 38.4 Å². The molecule has 38 heavy (non-hydrogen) atoms. The largest absolute Gasteiger partial charge is 0.502 e. The third-order valence-electron chi connectivity index (χ3n) is 6.43. The van der Waals surface area contributed by atoms with Crippen molar-refractivity contribution in [3.63, 3.8) is 0 Å². The molecule has 0 saturated carbocycles. The highest BCUT2D eigenvalue weighted by Gasteiger charge is 2.20. The van der Waals surface area contributed by atoms with Gasteiger partial charge in [0, 0.05) is 56.2 Å². The van der Waals surface area contributed by atoms with Crippen molar-refractivity contribution >= 4 is 0 Å². The summed E-state index contributed by atoms with van der Waals surface area (Å²) in [6.07, 6.45) is 0.779. The summed E-state index contributed by atoms with van der Waals surface area (Å²) in [4.78, 5) is 20.5. The predicted molar refractivity (Wildman–Crippen MR) is 142 cm³/mol. The highest BCUT2D eigenvalue weighted by Crippen LogP contribution is 2.25. The van der Waals surface area contributed by atoms with Gasteiger partial charge in [0.05, 0.1) is 31.3 Å². The number of halogens is 1. The molecule has 1 aliphatic rings. The predicted octanol–water partition coefficient (Wildman–Crippen LogP) is 2.14. The Balaban J connectivity index is 1.47. The molecule has 1 unspecified atom stereocenters. The summed E-state index contributed by atoms with van der Waals surface area (Å²) in [5, 5.41) is 22.8. The van der Waals surface area contributed by atoms with Crippen LogP contribution in [0, 0.1) is 17.7 Å². The number of aliphatic hydroxyl groups excluding tert-OH is 1. The number of rotatable bonds is 9. The SMILES string of the molecule is C[C@@H](O)CNCC(Cc1nc[nH]c(=O)c1O)c1ccc(C#Cc2ccc(CN3CCOCC3)cc2)cc1F. The molecule has 0 spiro atoms. The highest BCUT2D eigenvalue weighted by molar-refractivity contribution is 5.45. The topological polar surface area (TPSA) is 111 Å². The average Bonchev–Trinajstić information content (AvgIpc) is 2.91. The van der Waals surface area contributed by atoms with E-state index in [1.54, 1.807) is 19.1 Å². The Bertz CT molecular complexity index is 1320. The van der Waals surface area contributed by atoms with E-state index in [-0.39, 0.29) is 12.1 Å². The van der Waals surface area contributed by atoms with Crippen molar-refractivity contribution in [2.24, 2.45) is 0 Å². The Morgan fingerprint density at radius 1 is 1.13 bits per heavy atom. The van der Waals surface area contributed by atoms with E-state index in [2.05, 4.69) is 44.2 Å². The van der Waals surface area contributed by atoms with Gasteiger partial charge in [0.15, 0.2) is 0 Å².